The second-order valence-electron chi connectivity index (χ2n) is 4.43. The van der Waals surface area contributed by atoms with Gasteiger partial charge in [0.15, 0.2) is 0 Å². The summed E-state index contributed by atoms with van der Waals surface area (Å²) in [5.41, 5.74) is 0. The van der Waals surface area contributed by atoms with E-state index >= 15 is 0 Å². The van der Waals surface area contributed by atoms with Gasteiger partial charge in [-0.2, -0.15) is 0 Å². The highest BCUT2D eigenvalue weighted by molar-refractivity contribution is 8.15. The van der Waals surface area contributed by atoms with Crippen molar-refractivity contribution in [1.29, 1.82) is 0 Å². The minimum atomic E-state index is -0.794. The Morgan fingerprint density at radius 2 is 0.889 bits per heavy atom. The summed E-state index contributed by atoms with van der Waals surface area (Å²) < 4.78 is 0. The molecule has 0 aliphatic heterocycles. The van der Waals surface area contributed by atoms with E-state index in [0.29, 0.717) is 0 Å². The van der Waals surface area contributed by atoms with Gasteiger partial charge in [0.25, 0.3) is 0 Å². The van der Waals surface area contributed by atoms with Crippen LogP contribution in [-0.2, 0) is 0 Å². The average molecular weight is 195 g/mol. The summed E-state index contributed by atoms with van der Waals surface area (Å²) in [6, 6.07) is 0. The lowest BCUT2D eigenvalue weighted by molar-refractivity contribution is 3.37. The first-order valence-corrected chi connectivity index (χ1v) is 5.67. The molecule has 0 nitrogen and oxygen atoms in total. The molecule has 0 bridgehead atoms. The molecule has 18 heavy (non-hydrogen) atoms. The van der Waals surface area contributed by atoms with Gasteiger partial charge < -0.3 is 0 Å². The van der Waals surface area contributed by atoms with Crippen molar-refractivity contribution in [2.45, 2.75) is 0 Å². The quantitative estimate of drug-likeness (QED) is 0.337. The van der Waals surface area contributed by atoms with Gasteiger partial charge in [-0.1, -0.05) is 0 Å². The molecule has 0 atom stereocenters. The molecule has 0 saturated carbocycles. The molecule has 18 heteroatoms. The lowest BCUT2D eigenvalue weighted by Gasteiger charge is -2.38. The normalized spacial score (nSPS) is 8.89. The van der Waals surface area contributed by atoms with Crippen LogP contribution >= 0.6 is 0 Å². The standard InChI is InChI=1S/B18/c1-10-16(13(5)6)18(15(9)12(3)4)17(11-2)14(7)8. The first kappa shape index (κ1) is 19.2. The zero-order valence-electron chi connectivity index (χ0n) is 10.4. The third-order valence-electron chi connectivity index (χ3n) is 3.11. The first-order valence-electron chi connectivity index (χ1n) is 5.67. The largest absolute Gasteiger partial charge is 0 e. The molecular weight excluding hydrogens is 195 g/mol. The van der Waals surface area contributed by atoms with Gasteiger partial charge in [0.05, 0.1) is 0 Å². The van der Waals surface area contributed by atoms with Gasteiger partial charge in [0.2, 0.25) is 0 Å². The van der Waals surface area contributed by atoms with Gasteiger partial charge in [-0.05, 0) is 0 Å². The molecule has 0 saturated heterocycles. The highest BCUT2D eigenvalue weighted by atomic mass is 13.2. The monoisotopic (exact) mass is 198 g/mol. The molecule has 0 fully saturated rings. The minimum absolute atomic E-state index is 0.444. The number of hydrogen-bond acceptors (Lipinski definition) is 0. The van der Waals surface area contributed by atoms with Gasteiger partial charge in [0, 0.05) is 128 Å². The van der Waals surface area contributed by atoms with Crippen molar-refractivity contribution < 1.29 is 0 Å². The van der Waals surface area contributed by atoms with E-state index in [4.69, 9.17) is 69.6 Å². The molecule has 0 spiro atoms. The summed E-state index contributed by atoms with van der Waals surface area (Å²) in [5, 5.41) is 0. The van der Waals surface area contributed by atoms with Crippen molar-refractivity contribution in [3.8, 4) is 0 Å². The van der Waals surface area contributed by atoms with Gasteiger partial charge in [0.1, 0.15) is 0 Å². The highest BCUT2D eigenvalue weighted by Gasteiger charge is 2.39. The van der Waals surface area contributed by atoms with Crippen molar-refractivity contribution in [2.24, 2.45) is 0 Å². The Morgan fingerprint density at radius 3 is 1.06 bits per heavy atom. The lowest BCUT2D eigenvalue weighted by atomic mass is 8.43. The van der Waals surface area contributed by atoms with E-state index in [2.05, 4.69) is 0 Å². The first-order chi connectivity index (χ1) is 8.27. The molecule has 20 radical (unpaired) electrons. The van der Waals surface area contributed by atoms with Crippen LogP contribution in [0.3, 0.4) is 0 Å². The second-order valence-corrected chi connectivity index (χ2v) is 4.43. The average Bonchev–Trinajstić information content (AvgIpc) is 2.26. The number of hydrogen-bond donors (Lipinski definition) is 0. The second kappa shape index (κ2) is 9.17. The lowest BCUT2D eigenvalue weighted by Crippen LogP contribution is -2.76. The van der Waals surface area contributed by atoms with E-state index in [1.54, 1.807) is 0 Å². The fourth-order valence-electron chi connectivity index (χ4n) is 2.05. The van der Waals surface area contributed by atoms with E-state index in [1.165, 1.54) is 14.1 Å². The third kappa shape index (κ3) is 5.28. The molecule has 0 N–H and O–H groups in total. The molecule has 0 aromatic carbocycles. The summed E-state index contributed by atoms with van der Waals surface area (Å²) >= 11 is 0. The van der Waals surface area contributed by atoms with Crippen molar-refractivity contribution >= 4 is 128 Å². The van der Waals surface area contributed by atoms with E-state index in [-0.39, 0.29) is 0 Å². The summed E-state index contributed by atoms with van der Waals surface area (Å²) in [6.45, 7) is 0. The van der Waals surface area contributed by atoms with Crippen molar-refractivity contribution in [2.75, 3.05) is 0 Å². The van der Waals surface area contributed by atoms with Gasteiger partial charge >= 0.3 is 0 Å². The van der Waals surface area contributed by atoms with E-state index in [1.807, 2.05) is 0 Å². The van der Waals surface area contributed by atoms with Crippen molar-refractivity contribution in [1.82, 2.24) is 0 Å². The van der Waals surface area contributed by atoms with Crippen molar-refractivity contribution in [3.05, 3.63) is 0 Å². The van der Waals surface area contributed by atoms with Gasteiger partial charge in [-0.25, -0.2) is 0 Å². The van der Waals surface area contributed by atoms with Crippen molar-refractivity contribution in [3.63, 3.8) is 0 Å². The third-order valence-corrected chi connectivity index (χ3v) is 3.11. The van der Waals surface area contributed by atoms with Crippen LogP contribution in [0.15, 0.2) is 0 Å². The molecule has 0 rings (SSSR count). The van der Waals surface area contributed by atoms with Gasteiger partial charge in [-0.3, -0.25) is 0 Å². The maximum Gasteiger partial charge on any atom is 0 e. The van der Waals surface area contributed by atoms with Crippen LogP contribution in [0.5, 0.6) is 0 Å². The predicted molar refractivity (Wildman–Crippen MR) is 104 cm³/mol. The Hall–Kier alpha value is 1.17. The smallest absolute Gasteiger partial charge is 0 e. The molecule has 54 valence electrons. The van der Waals surface area contributed by atoms with E-state index in [9.17, 15) is 0 Å². The van der Waals surface area contributed by atoms with Gasteiger partial charge in [-0.15, -0.1) is 0 Å². The zero-order valence-corrected chi connectivity index (χ0v) is 10.4. The van der Waals surface area contributed by atoms with Crippen LogP contribution in [0.1, 0.15) is 0 Å². The SMILES string of the molecule is [B][B]B(B([B])[B])B(B([B])B([B])[B])B([B][B])B([B])[B]. The molecule has 0 unspecified atom stereocenters. The van der Waals surface area contributed by atoms with Crippen LogP contribution < -0.4 is 0 Å². The number of rotatable bonds is 8. The maximum absolute atomic E-state index is 5.97. The van der Waals surface area contributed by atoms with Crippen LogP contribution in [0, 0.1) is 0 Å². The fraction of sp³-hybridized carbons (Fsp3) is 0. The molecule has 0 aromatic heterocycles. The molecule has 0 aliphatic rings. The molecule has 0 aromatic rings. The Kier molecular flexibility index (Phi) is 9.76. The van der Waals surface area contributed by atoms with E-state index in [0.717, 1.165) is 0 Å². The van der Waals surface area contributed by atoms with Crippen LogP contribution in [0.4, 0.5) is 0 Å². The summed E-state index contributed by atoms with van der Waals surface area (Å²) in [4.78, 5) is 0. The molecule has 0 amide bonds. The topological polar surface area (TPSA) is 0 Å². The minimum Gasteiger partial charge on any atom is 0 e. The summed E-state index contributed by atoms with van der Waals surface area (Å²) in [5.74, 6) is 0. The van der Waals surface area contributed by atoms with E-state index < -0.39 is 44.7 Å². The molecule has 0 heterocycles. The Morgan fingerprint density at radius 1 is 0.556 bits per heavy atom. The predicted octanol–water partition coefficient (Wildman–Crippen LogP) is -6.85. The zero-order chi connectivity index (χ0) is 14.5. The molecule has 0 aliphatic carbocycles. The summed E-state index contributed by atoms with van der Waals surface area (Å²) in [7, 11) is 53.6. The fourth-order valence-corrected chi connectivity index (χ4v) is 2.05. The van der Waals surface area contributed by atoms with Crippen LogP contribution in [0.2, 0.25) is 0 Å². The Balaban J connectivity index is 5.25. The Bertz CT molecular complexity index is 186. The highest BCUT2D eigenvalue weighted by Crippen LogP contribution is 2.01. The maximum atomic E-state index is 5.97. The summed E-state index contributed by atoms with van der Waals surface area (Å²) in [6.07, 6.45) is -4.30. The Labute approximate surface area is 128 Å². The van der Waals surface area contributed by atoms with Crippen LogP contribution in [0.25, 0.3) is 0 Å². The van der Waals surface area contributed by atoms with Crippen LogP contribution in [-0.4, -0.2) is 128 Å². The molecular formula is B18.